The van der Waals surface area contributed by atoms with E-state index in [2.05, 4.69) is 10.1 Å². The highest BCUT2D eigenvalue weighted by Gasteiger charge is 2.27. The number of methoxy groups -OCH3 is 1. The summed E-state index contributed by atoms with van der Waals surface area (Å²) in [7, 11) is 1.19. The molecule has 1 N–H and O–H groups in total. The predicted molar refractivity (Wildman–Crippen MR) is 109 cm³/mol. The lowest BCUT2D eigenvalue weighted by molar-refractivity contribution is -0.143. The number of nitrogens with zero attached hydrogens (tertiary/aromatic N) is 2. The maximum absolute atomic E-state index is 14.0. The Morgan fingerprint density at radius 3 is 2.26 bits per heavy atom. The number of fused-ring (bicyclic) bond motifs is 1. The van der Waals surface area contributed by atoms with Crippen LogP contribution in [0, 0.1) is 11.6 Å². The van der Waals surface area contributed by atoms with Gasteiger partial charge in [-0.1, -0.05) is 6.07 Å². The number of carbonyl (C=O) groups excluding carboxylic acids is 3. The Hall–Kier alpha value is -3.49. The minimum absolute atomic E-state index is 0.129. The topological polar surface area (TPSA) is 79.0 Å². The second kappa shape index (κ2) is 8.33. The summed E-state index contributed by atoms with van der Waals surface area (Å²) in [6, 6.07) is 7.55. The highest BCUT2D eigenvalue weighted by Crippen LogP contribution is 2.28. The molecule has 2 amide bonds. The number of ether oxygens (including phenoxy) is 1. The molecule has 2 aliphatic rings. The molecule has 0 atom stereocenters. The fraction of sp³-hybridized carbons (Fsp3) is 0.318. The van der Waals surface area contributed by atoms with E-state index >= 15 is 0 Å². The van der Waals surface area contributed by atoms with Crippen LogP contribution in [0.1, 0.15) is 11.1 Å². The third-order valence-corrected chi connectivity index (χ3v) is 5.55. The van der Waals surface area contributed by atoms with E-state index < -0.39 is 29.2 Å². The SMILES string of the molecule is COc1c(F)cc(N2CCN(C(=O)C(=O)Nc3ccc4c(c3)CC(=O)C4)CC2)cc1F. The number of nitrogens with one attached hydrogen (secondary N) is 1. The van der Waals surface area contributed by atoms with E-state index in [1.165, 1.54) is 24.1 Å². The molecule has 4 rings (SSSR count). The van der Waals surface area contributed by atoms with Gasteiger partial charge in [0.15, 0.2) is 17.4 Å². The van der Waals surface area contributed by atoms with Crippen molar-refractivity contribution in [3.63, 3.8) is 0 Å². The summed E-state index contributed by atoms with van der Waals surface area (Å²) in [6.07, 6.45) is 0.732. The zero-order valence-corrected chi connectivity index (χ0v) is 16.9. The van der Waals surface area contributed by atoms with Crippen LogP contribution >= 0.6 is 0 Å². The van der Waals surface area contributed by atoms with Crippen LogP contribution in [-0.4, -0.2) is 55.8 Å². The van der Waals surface area contributed by atoms with Crippen molar-refractivity contribution >= 4 is 29.0 Å². The van der Waals surface area contributed by atoms with Crippen LogP contribution in [0.4, 0.5) is 20.2 Å². The second-order valence-electron chi connectivity index (χ2n) is 7.55. The Kier molecular flexibility index (Phi) is 5.58. The molecule has 0 aromatic heterocycles. The van der Waals surface area contributed by atoms with Crippen LogP contribution in [0.15, 0.2) is 30.3 Å². The molecular weight excluding hydrogens is 408 g/mol. The molecule has 0 saturated carbocycles. The van der Waals surface area contributed by atoms with E-state index in [0.29, 0.717) is 37.3 Å². The first-order valence-electron chi connectivity index (χ1n) is 9.87. The number of carbonyl (C=O) groups is 3. The summed E-state index contributed by atoms with van der Waals surface area (Å²) in [5, 5.41) is 2.59. The van der Waals surface area contributed by atoms with Gasteiger partial charge in [0.1, 0.15) is 5.78 Å². The van der Waals surface area contributed by atoms with Crippen LogP contribution in [0.25, 0.3) is 0 Å². The summed E-state index contributed by atoms with van der Waals surface area (Å²) < 4.78 is 32.6. The Morgan fingerprint density at radius 2 is 1.61 bits per heavy atom. The Balaban J connectivity index is 1.35. The molecule has 1 saturated heterocycles. The molecule has 7 nitrogen and oxygen atoms in total. The number of anilines is 2. The third-order valence-electron chi connectivity index (χ3n) is 5.55. The number of hydrogen-bond acceptors (Lipinski definition) is 5. The van der Waals surface area contributed by atoms with Gasteiger partial charge in [-0.25, -0.2) is 8.78 Å². The smallest absolute Gasteiger partial charge is 0.313 e. The van der Waals surface area contributed by atoms with Crippen LogP contribution < -0.4 is 15.0 Å². The van der Waals surface area contributed by atoms with Crippen LogP contribution in [-0.2, 0) is 27.2 Å². The van der Waals surface area contributed by atoms with Gasteiger partial charge < -0.3 is 19.9 Å². The Morgan fingerprint density at radius 1 is 0.968 bits per heavy atom. The first-order chi connectivity index (χ1) is 14.9. The number of rotatable bonds is 3. The van der Waals surface area contributed by atoms with Crippen molar-refractivity contribution in [1.29, 1.82) is 0 Å². The van der Waals surface area contributed by atoms with E-state index in [4.69, 9.17) is 0 Å². The predicted octanol–water partition coefficient (Wildman–Crippen LogP) is 1.93. The standard InChI is InChI=1S/C22H21F2N3O4/c1-31-20-18(23)11-16(12-19(20)24)26-4-6-27(7-5-26)22(30)21(29)25-15-3-2-13-9-17(28)10-14(13)8-15/h2-3,8,11-12H,4-7,9-10H2,1H3,(H,25,29). The van der Waals surface area contributed by atoms with E-state index in [-0.39, 0.29) is 18.9 Å². The third kappa shape index (κ3) is 4.21. The van der Waals surface area contributed by atoms with Gasteiger partial charge in [0.25, 0.3) is 0 Å². The summed E-state index contributed by atoms with van der Waals surface area (Å²) in [5.41, 5.74) is 2.62. The molecule has 162 valence electrons. The molecule has 1 aliphatic carbocycles. The maximum Gasteiger partial charge on any atom is 0.313 e. The van der Waals surface area contributed by atoms with Crippen LogP contribution in [0.3, 0.4) is 0 Å². The van der Waals surface area contributed by atoms with Crippen LogP contribution in [0.5, 0.6) is 5.75 Å². The summed E-state index contributed by atoms with van der Waals surface area (Å²) in [5.74, 6) is -3.35. The molecule has 0 bridgehead atoms. The van der Waals surface area contributed by atoms with Gasteiger partial charge in [-0.05, 0) is 23.3 Å². The molecule has 1 aliphatic heterocycles. The highest BCUT2D eigenvalue weighted by atomic mass is 19.1. The number of Topliss-reactive ketones (excluding diaryl/α,β-unsaturated/α-hetero) is 1. The fourth-order valence-corrected chi connectivity index (χ4v) is 3.95. The molecule has 2 aromatic rings. The molecule has 0 spiro atoms. The largest absolute Gasteiger partial charge is 0.491 e. The van der Waals surface area contributed by atoms with E-state index in [1.807, 2.05) is 0 Å². The van der Waals surface area contributed by atoms with Gasteiger partial charge in [0, 0.05) is 62.5 Å². The number of piperazine rings is 1. The average Bonchev–Trinajstić information content (AvgIpc) is 3.12. The van der Waals surface area contributed by atoms with Crippen molar-refractivity contribution in [1.82, 2.24) is 4.90 Å². The van der Waals surface area contributed by atoms with Gasteiger partial charge in [0.2, 0.25) is 0 Å². The second-order valence-corrected chi connectivity index (χ2v) is 7.55. The van der Waals surface area contributed by atoms with Crippen molar-refractivity contribution in [2.45, 2.75) is 12.8 Å². The minimum Gasteiger partial charge on any atom is -0.491 e. The van der Waals surface area contributed by atoms with Crippen molar-refractivity contribution in [3.05, 3.63) is 53.1 Å². The van der Waals surface area contributed by atoms with Crippen molar-refractivity contribution in [2.24, 2.45) is 0 Å². The Labute approximate surface area is 177 Å². The quantitative estimate of drug-likeness (QED) is 0.755. The number of hydrogen-bond donors (Lipinski definition) is 1. The van der Waals surface area contributed by atoms with Crippen molar-refractivity contribution < 1.29 is 27.9 Å². The van der Waals surface area contributed by atoms with E-state index in [1.54, 1.807) is 23.1 Å². The van der Waals surface area contributed by atoms with Crippen molar-refractivity contribution in [2.75, 3.05) is 43.5 Å². The van der Waals surface area contributed by atoms with Gasteiger partial charge in [-0.15, -0.1) is 0 Å². The first-order valence-corrected chi connectivity index (χ1v) is 9.87. The van der Waals surface area contributed by atoms with E-state index in [9.17, 15) is 23.2 Å². The summed E-state index contributed by atoms with van der Waals surface area (Å²) in [4.78, 5) is 39.6. The first kappa shape index (κ1) is 20.8. The lowest BCUT2D eigenvalue weighted by atomic mass is 10.1. The molecule has 9 heteroatoms. The van der Waals surface area contributed by atoms with Gasteiger partial charge in [0.05, 0.1) is 7.11 Å². The lowest BCUT2D eigenvalue weighted by Gasteiger charge is -2.35. The molecule has 31 heavy (non-hydrogen) atoms. The zero-order chi connectivity index (χ0) is 22.1. The van der Waals surface area contributed by atoms with Gasteiger partial charge >= 0.3 is 11.8 Å². The normalized spacial score (nSPS) is 15.6. The molecule has 0 radical (unpaired) electrons. The molecule has 2 aromatic carbocycles. The van der Waals surface area contributed by atoms with Gasteiger partial charge in [-0.2, -0.15) is 0 Å². The number of benzene rings is 2. The Bertz CT molecular complexity index is 1040. The van der Waals surface area contributed by atoms with Crippen molar-refractivity contribution in [3.8, 4) is 5.75 Å². The summed E-state index contributed by atoms with van der Waals surface area (Å²) >= 11 is 0. The minimum atomic E-state index is -0.800. The van der Waals surface area contributed by atoms with Crippen LogP contribution in [0.2, 0.25) is 0 Å². The average molecular weight is 429 g/mol. The molecule has 0 unspecified atom stereocenters. The number of amides is 2. The maximum atomic E-state index is 14.0. The molecule has 1 heterocycles. The molecule has 1 fully saturated rings. The van der Waals surface area contributed by atoms with E-state index in [0.717, 1.165) is 11.1 Å². The van der Waals surface area contributed by atoms with Gasteiger partial charge in [-0.3, -0.25) is 14.4 Å². The molecular formula is C22H21F2N3O4. The fourth-order valence-electron chi connectivity index (χ4n) is 3.95. The number of halogens is 2. The lowest BCUT2D eigenvalue weighted by Crippen LogP contribution is -2.51. The summed E-state index contributed by atoms with van der Waals surface area (Å²) in [6.45, 7) is 1.12. The monoisotopic (exact) mass is 429 g/mol. The number of ketones is 1. The highest BCUT2D eigenvalue weighted by molar-refractivity contribution is 6.39. The zero-order valence-electron chi connectivity index (χ0n) is 16.9.